The van der Waals surface area contributed by atoms with Crippen molar-refractivity contribution in [2.45, 2.75) is 45.1 Å². The summed E-state index contributed by atoms with van der Waals surface area (Å²) in [6.45, 7) is 3.36. The highest BCUT2D eigenvalue weighted by molar-refractivity contribution is 6.33. The fourth-order valence-electron chi connectivity index (χ4n) is 2.46. The lowest BCUT2D eigenvalue weighted by Crippen LogP contribution is -2.28. The Bertz CT molecular complexity index is 626. The van der Waals surface area contributed by atoms with E-state index in [-0.39, 0.29) is 23.5 Å². The number of nitrogens with zero attached hydrogens (tertiary/aromatic N) is 4. The highest BCUT2D eigenvalue weighted by Crippen LogP contribution is 2.21. The number of halogens is 1. The van der Waals surface area contributed by atoms with E-state index in [0.29, 0.717) is 17.7 Å². The van der Waals surface area contributed by atoms with Gasteiger partial charge in [-0.3, -0.25) is 0 Å². The van der Waals surface area contributed by atoms with Gasteiger partial charge in [0.2, 0.25) is 5.95 Å². The Kier molecular flexibility index (Phi) is 4.23. The fourth-order valence-corrected chi connectivity index (χ4v) is 2.68. The second kappa shape index (κ2) is 6.13. The van der Waals surface area contributed by atoms with Crippen LogP contribution in [0.25, 0.3) is 11.2 Å². The first-order valence-electron chi connectivity index (χ1n) is 7.04. The van der Waals surface area contributed by atoms with E-state index in [4.69, 9.17) is 26.8 Å². The normalized spacial score (nSPS) is 20.8. The van der Waals surface area contributed by atoms with Crippen LogP contribution in [-0.2, 0) is 16.0 Å². The number of ether oxygens (including phenoxy) is 2. The molecule has 1 fully saturated rings. The van der Waals surface area contributed by atoms with Gasteiger partial charge in [-0.1, -0.05) is 11.6 Å². The molecule has 3 rings (SSSR count). The molecule has 1 aliphatic rings. The van der Waals surface area contributed by atoms with Gasteiger partial charge in [-0.25, -0.2) is 4.98 Å². The zero-order valence-electron chi connectivity index (χ0n) is 11.8. The van der Waals surface area contributed by atoms with Crippen molar-refractivity contribution >= 4 is 28.7 Å². The van der Waals surface area contributed by atoms with Crippen LogP contribution in [0.5, 0.6) is 0 Å². The SMILES string of the molecule is CC(Cn1cnc2c(Cl)nc(N)nc21)OC1CCCCO1. The molecule has 0 spiro atoms. The van der Waals surface area contributed by atoms with E-state index in [1.807, 2.05) is 11.5 Å². The van der Waals surface area contributed by atoms with Gasteiger partial charge in [0.15, 0.2) is 17.1 Å². The molecule has 0 saturated carbocycles. The quantitative estimate of drug-likeness (QED) is 0.869. The van der Waals surface area contributed by atoms with Crippen LogP contribution in [0, 0.1) is 0 Å². The predicted molar refractivity (Wildman–Crippen MR) is 78.9 cm³/mol. The molecule has 8 heteroatoms. The van der Waals surface area contributed by atoms with Crippen molar-refractivity contribution < 1.29 is 9.47 Å². The average molecular weight is 312 g/mol. The van der Waals surface area contributed by atoms with Crippen LogP contribution >= 0.6 is 11.6 Å². The zero-order valence-corrected chi connectivity index (χ0v) is 12.6. The molecule has 1 saturated heterocycles. The Morgan fingerprint density at radius 3 is 3.14 bits per heavy atom. The van der Waals surface area contributed by atoms with Gasteiger partial charge in [0, 0.05) is 6.61 Å². The number of anilines is 1. The summed E-state index contributed by atoms with van der Waals surface area (Å²) >= 11 is 6.01. The highest BCUT2D eigenvalue weighted by Gasteiger charge is 2.19. The second-order valence-electron chi connectivity index (χ2n) is 5.18. The van der Waals surface area contributed by atoms with Crippen molar-refractivity contribution in [1.82, 2.24) is 19.5 Å². The molecule has 21 heavy (non-hydrogen) atoms. The minimum absolute atomic E-state index is 0.0273. The van der Waals surface area contributed by atoms with Crippen molar-refractivity contribution in [1.29, 1.82) is 0 Å². The fraction of sp³-hybridized carbons (Fsp3) is 0.615. The molecule has 2 atom stereocenters. The Morgan fingerprint density at radius 2 is 2.38 bits per heavy atom. The molecular weight excluding hydrogens is 294 g/mol. The number of imidazole rings is 1. The van der Waals surface area contributed by atoms with Gasteiger partial charge >= 0.3 is 0 Å². The van der Waals surface area contributed by atoms with Gasteiger partial charge in [-0.2, -0.15) is 9.97 Å². The first-order chi connectivity index (χ1) is 10.1. The second-order valence-corrected chi connectivity index (χ2v) is 5.54. The Hall–Kier alpha value is -1.44. The molecule has 2 unspecified atom stereocenters. The Morgan fingerprint density at radius 1 is 1.52 bits per heavy atom. The minimum Gasteiger partial charge on any atom is -0.368 e. The summed E-state index contributed by atoms with van der Waals surface area (Å²) in [6.07, 6.45) is 4.72. The number of hydrogen-bond donors (Lipinski definition) is 1. The number of fused-ring (bicyclic) bond motifs is 1. The molecule has 2 aromatic rings. The summed E-state index contributed by atoms with van der Waals surface area (Å²) in [7, 11) is 0. The lowest BCUT2D eigenvalue weighted by Gasteiger charge is -2.26. The van der Waals surface area contributed by atoms with Gasteiger partial charge in [-0.05, 0) is 26.2 Å². The van der Waals surface area contributed by atoms with Gasteiger partial charge in [0.25, 0.3) is 0 Å². The van der Waals surface area contributed by atoms with Crippen molar-refractivity contribution in [2.24, 2.45) is 0 Å². The van der Waals surface area contributed by atoms with E-state index in [1.54, 1.807) is 6.33 Å². The molecule has 0 amide bonds. The third-order valence-electron chi connectivity index (χ3n) is 3.41. The molecule has 2 N–H and O–H groups in total. The molecule has 0 bridgehead atoms. The molecule has 3 heterocycles. The van der Waals surface area contributed by atoms with Crippen LogP contribution in [0.3, 0.4) is 0 Å². The van der Waals surface area contributed by atoms with Crippen LogP contribution in [0.2, 0.25) is 5.15 Å². The standard InChI is InChI=1S/C13H18ClN5O2/c1-8(21-9-4-2-3-5-20-9)6-19-7-16-10-11(14)17-13(15)18-12(10)19/h7-9H,2-6H2,1H3,(H2,15,17,18). The first kappa shape index (κ1) is 14.5. The van der Waals surface area contributed by atoms with Crippen molar-refractivity contribution in [3.05, 3.63) is 11.5 Å². The van der Waals surface area contributed by atoms with Crippen LogP contribution in [0.4, 0.5) is 5.95 Å². The van der Waals surface area contributed by atoms with Crippen LogP contribution in [0.15, 0.2) is 6.33 Å². The lowest BCUT2D eigenvalue weighted by atomic mass is 10.2. The minimum atomic E-state index is -0.119. The molecule has 0 aromatic carbocycles. The summed E-state index contributed by atoms with van der Waals surface area (Å²) in [5, 5.41) is 0.264. The maximum Gasteiger partial charge on any atom is 0.223 e. The number of nitrogen functional groups attached to an aromatic ring is 1. The van der Waals surface area contributed by atoms with Crippen molar-refractivity contribution in [3.8, 4) is 0 Å². The highest BCUT2D eigenvalue weighted by atomic mass is 35.5. The number of rotatable bonds is 4. The third kappa shape index (κ3) is 3.25. The largest absolute Gasteiger partial charge is 0.368 e. The molecule has 114 valence electrons. The number of aromatic nitrogens is 4. The Balaban J connectivity index is 1.72. The molecular formula is C13H18ClN5O2. The molecule has 1 aliphatic heterocycles. The van der Waals surface area contributed by atoms with E-state index in [2.05, 4.69) is 15.0 Å². The smallest absolute Gasteiger partial charge is 0.223 e. The maximum atomic E-state index is 6.01. The van der Waals surface area contributed by atoms with E-state index < -0.39 is 0 Å². The first-order valence-corrected chi connectivity index (χ1v) is 7.42. The number of hydrogen-bond acceptors (Lipinski definition) is 6. The monoisotopic (exact) mass is 311 g/mol. The molecule has 0 aliphatic carbocycles. The van der Waals surface area contributed by atoms with Gasteiger partial charge < -0.3 is 19.8 Å². The molecule has 0 radical (unpaired) electrons. The zero-order chi connectivity index (χ0) is 14.8. The lowest BCUT2D eigenvalue weighted by molar-refractivity contribution is -0.186. The molecule has 7 nitrogen and oxygen atoms in total. The molecule has 2 aromatic heterocycles. The number of nitrogens with two attached hydrogens (primary N) is 1. The summed E-state index contributed by atoms with van der Waals surface area (Å²) < 4.78 is 13.3. The van der Waals surface area contributed by atoms with Crippen LogP contribution < -0.4 is 5.73 Å². The van der Waals surface area contributed by atoms with E-state index in [9.17, 15) is 0 Å². The Labute approximate surface area is 127 Å². The summed E-state index contributed by atoms with van der Waals surface area (Å²) in [5.74, 6) is 0.137. The van der Waals surface area contributed by atoms with Crippen molar-refractivity contribution in [3.63, 3.8) is 0 Å². The van der Waals surface area contributed by atoms with Crippen LogP contribution in [0.1, 0.15) is 26.2 Å². The van der Waals surface area contributed by atoms with E-state index in [0.717, 1.165) is 25.9 Å². The summed E-state index contributed by atoms with van der Waals surface area (Å²) in [5.41, 5.74) is 6.80. The van der Waals surface area contributed by atoms with E-state index in [1.165, 1.54) is 0 Å². The van der Waals surface area contributed by atoms with Crippen LogP contribution in [-0.4, -0.2) is 38.5 Å². The predicted octanol–water partition coefficient (Wildman–Crippen LogP) is 1.99. The van der Waals surface area contributed by atoms with Gasteiger partial charge in [0.05, 0.1) is 19.0 Å². The van der Waals surface area contributed by atoms with E-state index >= 15 is 0 Å². The summed E-state index contributed by atoms with van der Waals surface area (Å²) in [4.78, 5) is 12.3. The van der Waals surface area contributed by atoms with Gasteiger partial charge in [-0.15, -0.1) is 0 Å². The van der Waals surface area contributed by atoms with Gasteiger partial charge in [0.1, 0.15) is 5.52 Å². The van der Waals surface area contributed by atoms with Crippen molar-refractivity contribution in [2.75, 3.05) is 12.3 Å². The summed E-state index contributed by atoms with van der Waals surface area (Å²) in [6, 6.07) is 0. The third-order valence-corrected chi connectivity index (χ3v) is 3.68. The average Bonchev–Trinajstić information content (AvgIpc) is 2.83. The topological polar surface area (TPSA) is 88.1 Å². The maximum absolute atomic E-state index is 6.01.